The van der Waals surface area contributed by atoms with E-state index in [9.17, 15) is 9.59 Å². The minimum atomic E-state index is -2.83. The molecule has 0 heterocycles. The standard InChI is InChI=1S/C37H40O3Si/c1-36-23-22-34-32(33(36)19-20-35(36)39)18-17-27-25-28(21-24-37(27,34)26-38)40-41(29-11-5-2-6-12-29,30-13-7-3-8-14-30)31-15-9-4-10-16-31/h2-17,26,28,32-34H,18-25H2,1H3/t28?,32-,33-,34+,36-,37+/m0/s1. The number of carbonyl (C=O) groups is 2. The molecule has 0 saturated heterocycles. The molecule has 3 saturated carbocycles. The van der Waals surface area contributed by atoms with Gasteiger partial charge in [-0.05, 0) is 78.3 Å². The second kappa shape index (κ2) is 10.3. The van der Waals surface area contributed by atoms with Crippen LogP contribution in [0.25, 0.3) is 0 Å². The summed E-state index contributed by atoms with van der Waals surface area (Å²) in [6.07, 6.45) is 10.9. The van der Waals surface area contributed by atoms with Gasteiger partial charge in [0.25, 0.3) is 8.32 Å². The van der Waals surface area contributed by atoms with Gasteiger partial charge in [0.1, 0.15) is 12.1 Å². The molecule has 6 atom stereocenters. The number of fused-ring (bicyclic) bond motifs is 5. The van der Waals surface area contributed by atoms with Gasteiger partial charge >= 0.3 is 0 Å². The van der Waals surface area contributed by atoms with E-state index in [4.69, 9.17) is 4.43 Å². The van der Waals surface area contributed by atoms with E-state index in [1.807, 2.05) is 0 Å². The Morgan fingerprint density at radius 3 is 1.93 bits per heavy atom. The fourth-order valence-electron chi connectivity index (χ4n) is 9.40. The van der Waals surface area contributed by atoms with Crippen LogP contribution in [0.3, 0.4) is 0 Å². The normalized spacial score (nSPS) is 32.8. The van der Waals surface area contributed by atoms with E-state index in [0.717, 1.165) is 51.4 Å². The summed E-state index contributed by atoms with van der Waals surface area (Å²) in [6, 6.07) is 32.4. The molecular weight excluding hydrogens is 520 g/mol. The van der Waals surface area contributed by atoms with Crippen LogP contribution in [0.2, 0.25) is 0 Å². The second-order valence-electron chi connectivity index (χ2n) is 13.2. The average molecular weight is 561 g/mol. The fourth-order valence-corrected chi connectivity index (χ4v) is 13.5. The predicted octanol–water partition coefficient (Wildman–Crippen LogP) is 5.75. The molecule has 0 aliphatic heterocycles. The Hall–Kier alpha value is -3.08. The molecule has 0 N–H and O–H groups in total. The van der Waals surface area contributed by atoms with Crippen LogP contribution in [0.15, 0.2) is 103 Å². The topological polar surface area (TPSA) is 43.4 Å². The monoisotopic (exact) mass is 560 g/mol. The Morgan fingerprint density at radius 1 is 0.780 bits per heavy atom. The van der Waals surface area contributed by atoms with Crippen LogP contribution in [0.1, 0.15) is 58.3 Å². The molecule has 3 aromatic carbocycles. The van der Waals surface area contributed by atoms with Crippen molar-refractivity contribution in [3.05, 3.63) is 103 Å². The van der Waals surface area contributed by atoms with Gasteiger partial charge in [-0.15, -0.1) is 0 Å². The number of hydrogen-bond donors (Lipinski definition) is 0. The Labute approximate surface area is 245 Å². The molecule has 0 aromatic heterocycles. The first-order valence-electron chi connectivity index (χ1n) is 15.5. The molecule has 210 valence electrons. The Bertz CT molecular complexity index is 1350. The third kappa shape index (κ3) is 4.09. The number of Topliss-reactive ketones (excluding diaryl/α,β-unsaturated/α-hetero) is 1. The lowest BCUT2D eigenvalue weighted by molar-refractivity contribution is -0.134. The van der Waals surface area contributed by atoms with E-state index in [1.165, 1.54) is 27.4 Å². The molecule has 4 aliphatic rings. The number of aldehydes is 1. The minimum absolute atomic E-state index is 0.0417. The maximum absolute atomic E-state index is 13.1. The lowest BCUT2D eigenvalue weighted by Gasteiger charge is -2.56. The van der Waals surface area contributed by atoms with E-state index in [2.05, 4.69) is 104 Å². The van der Waals surface area contributed by atoms with Gasteiger partial charge in [0.2, 0.25) is 0 Å². The zero-order valence-corrected chi connectivity index (χ0v) is 25.0. The van der Waals surface area contributed by atoms with Gasteiger partial charge in [0.05, 0.1) is 5.41 Å². The van der Waals surface area contributed by atoms with E-state index < -0.39 is 13.7 Å². The van der Waals surface area contributed by atoms with Crippen LogP contribution in [-0.4, -0.2) is 26.5 Å². The van der Waals surface area contributed by atoms with Gasteiger partial charge < -0.3 is 9.22 Å². The van der Waals surface area contributed by atoms with E-state index in [1.54, 1.807) is 0 Å². The first-order chi connectivity index (χ1) is 20.0. The summed E-state index contributed by atoms with van der Waals surface area (Å²) in [5.74, 6) is 1.67. The molecule has 41 heavy (non-hydrogen) atoms. The molecule has 4 aliphatic carbocycles. The third-order valence-electron chi connectivity index (χ3n) is 11.5. The summed E-state index contributed by atoms with van der Waals surface area (Å²) in [5.41, 5.74) is 0.727. The minimum Gasteiger partial charge on any atom is -0.401 e. The van der Waals surface area contributed by atoms with Crippen LogP contribution in [0.4, 0.5) is 0 Å². The van der Waals surface area contributed by atoms with Gasteiger partial charge in [-0.3, -0.25) is 4.79 Å². The van der Waals surface area contributed by atoms with Gasteiger partial charge in [-0.2, -0.15) is 0 Å². The Kier molecular flexibility index (Phi) is 6.75. The first-order valence-corrected chi connectivity index (χ1v) is 17.5. The first kappa shape index (κ1) is 26.8. The zero-order chi connectivity index (χ0) is 28.1. The van der Waals surface area contributed by atoms with E-state index >= 15 is 0 Å². The largest absolute Gasteiger partial charge is 0.401 e. The smallest absolute Gasteiger partial charge is 0.288 e. The SMILES string of the molecule is C[C@]12CC[C@@H]3[C@@H](CC=C4CC(O[Si](c5ccccc5)(c5ccccc5)c5ccccc5)CC[C@@]43C=O)[C@@H]1CCC2=O. The van der Waals surface area contributed by atoms with Crippen LogP contribution < -0.4 is 15.6 Å². The summed E-state index contributed by atoms with van der Waals surface area (Å²) in [7, 11) is -2.83. The van der Waals surface area contributed by atoms with E-state index in [-0.39, 0.29) is 11.5 Å². The lowest BCUT2D eigenvalue weighted by atomic mass is 9.48. The molecule has 0 amide bonds. The van der Waals surface area contributed by atoms with E-state index in [0.29, 0.717) is 23.5 Å². The van der Waals surface area contributed by atoms with Crippen LogP contribution in [0, 0.1) is 28.6 Å². The maximum Gasteiger partial charge on any atom is 0.288 e. The molecule has 0 bridgehead atoms. The number of hydrogen-bond acceptors (Lipinski definition) is 3. The summed E-state index contributed by atoms with van der Waals surface area (Å²) >= 11 is 0. The molecule has 1 unspecified atom stereocenters. The number of allylic oxidation sites excluding steroid dienone is 1. The highest BCUT2D eigenvalue weighted by molar-refractivity contribution is 7.07. The molecule has 0 radical (unpaired) electrons. The van der Waals surface area contributed by atoms with Crippen molar-refractivity contribution in [3.63, 3.8) is 0 Å². The molecule has 3 fully saturated rings. The van der Waals surface area contributed by atoms with Gasteiger partial charge in [0.15, 0.2) is 0 Å². The van der Waals surface area contributed by atoms with Crippen molar-refractivity contribution in [2.75, 3.05) is 0 Å². The summed E-state index contributed by atoms with van der Waals surface area (Å²) in [4.78, 5) is 26.0. The van der Waals surface area contributed by atoms with Gasteiger partial charge in [0, 0.05) is 17.9 Å². The van der Waals surface area contributed by atoms with Crippen molar-refractivity contribution < 1.29 is 14.0 Å². The number of rotatable bonds is 6. The van der Waals surface area contributed by atoms with Crippen molar-refractivity contribution in [2.45, 2.75) is 64.4 Å². The molecule has 0 spiro atoms. The van der Waals surface area contributed by atoms with Crippen LogP contribution >= 0.6 is 0 Å². The van der Waals surface area contributed by atoms with Crippen molar-refractivity contribution >= 4 is 35.9 Å². The quantitative estimate of drug-likeness (QED) is 0.167. The molecule has 7 rings (SSSR count). The number of carbonyl (C=O) groups excluding carboxylic acids is 2. The highest BCUT2D eigenvalue weighted by atomic mass is 28.4. The Balaban J connectivity index is 1.26. The fraction of sp³-hybridized carbons (Fsp3) is 0.405. The zero-order valence-electron chi connectivity index (χ0n) is 24.0. The highest BCUT2D eigenvalue weighted by Crippen LogP contribution is 2.63. The van der Waals surface area contributed by atoms with Gasteiger partial charge in [-0.25, -0.2) is 0 Å². The lowest BCUT2D eigenvalue weighted by Crippen LogP contribution is -2.70. The van der Waals surface area contributed by atoms with Crippen LogP contribution in [-0.2, 0) is 14.0 Å². The van der Waals surface area contributed by atoms with Crippen molar-refractivity contribution in [1.82, 2.24) is 0 Å². The number of ketones is 1. The van der Waals surface area contributed by atoms with Crippen molar-refractivity contribution in [1.29, 1.82) is 0 Å². The molecule has 3 aromatic rings. The molecular formula is C37H40O3Si. The van der Waals surface area contributed by atoms with Crippen molar-refractivity contribution in [3.8, 4) is 0 Å². The Morgan fingerprint density at radius 2 is 1.37 bits per heavy atom. The van der Waals surface area contributed by atoms with Gasteiger partial charge in [-0.1, -0.05) is 110 Å². The summed E-state index contributed by atoms with van der Waals surface area (Å²) in [6.45, 7) is 2.21. The predicted molar refractivity (Wildman–Crippen MR) is 166 cm³/mol. The molecule has 3 nitrogen and oxygen atoms in total. The van der Waals surface area contributed by atoms with Crippen LogP contribution in [0.5, 0.6) is 0 Å². The summed E-state index contributed by atoms with van der Waals surface area (Å²) in [5, 5.41) is 3.75. The maximum atomic E-state index is 13.1. The third-order valence-corrected chi connectivity index (χ3v) is 15.6. The highest BCUT2D eigenvalue weighted by Gasteiger charge is 2.60. The van der Waals surface area contributed by atoms with Crippen molar-refractivity contribution in [2.24, 2.45) is 28.6 Å². The molecule has 4 heteroatoms. The average Bonchev–Trinajstić information content (AvgIpc) is 3.34. The summed E-state index contributed by atoms with van der Waals surface area (Å²) < 4.78 is 7.55. The second-order valence-corrected chi connectivity index (χ2v) is 16.5. The number of benzene rings is 3.